The highest BCUT2D eigenvalue weighted by Crippen LogP contribution is 2.32. The number of carbonyl (C=O) groups excluding carboxylic acids is 1. The first-order valence-electron chi connectivity index (χ1n) is 8.99. The summed E-state index contributed by atoms with van der Waals surface area (Å²) in [6.07, 6.45) is -0.302. The zero-order valence-electron chi connectivity index (χ0n) is 15.7. The molecule has 0 bridgehead atoms. The maximum atomic E-state index is 13.7. The van der Waals surface area contributed by atoms with Gasteiger partial charge in [0.05, 0.1) is 5.69 Å². The lowest BCUT2D eigenvalue weighted by atomic mass is 10.1. The summed E-state index contributed by atoms with van der Waals surface area (Å²) in [7, 11) is 0. The van der Waals surface area contributed by atoms with Crippen LogP contribution in [0.3, 0.4) is 0 Å². The molecular formula is C22H13F4N3O2. The van der Waals surface area contributed by atoms with Crippen LogP contribution in [-0.2, 0) is 4.74 Å². The first-order chi connectivity index (χ1) is 14.9. The third-order valence-electron chi connectivity index (χ3n) is 4.40. The number of aromatic nitrogens is 2. The number of hydrogen-bond acceptors (Lipinski definition) is 4. The number of carbonyl (C=O) groups is 1. The summed E-state index contributed by atoms with van der Waals surface area (Å²) < 4.78 is 56.9. The number of aliphatic imine (C=N–C) groups is 1. The van der Waals surface area contributed by atoms with Gasteiger partial charge >= 0.3 is 12.8 Å². The van der Waals surface area contributed by atoms with Gasteiger partial charge in [-0.25, -0.2) is 9.37 Å². The summed E-state index contributed by atoms with van der Waals surface area (Å²) in [5.74, 6) is -1.04. The molecule has 31 heavy (non-hydrogen) atoms. The van der Waals surface area contributed by atoms with Crippen molar-refractivity contribution >= 4 is 23.4 Å². The molecule has 0 aliphatic carbocycles. The van der Waals surface area contributed by atoms with Crippen molar-refractivity contribution in [3.8, 4) is 11.3 Å². The SMILES string of the molecule is O=C(c1ccccc1)c1ccc2nc(N=C(F)OC(F)F)c(-c3ccc(F)cc3)n2c1. The van der Waals surface area contributed by atoms with Gasteiger partial charge in [-0.15, -0.1) is 4.39 Å². The fraction of sp³-hybridized carbons (Fsp3) is 0.0455. The van der Waals surface area contributed by atoms with Gasteiger partial charge < -0.3 is 4.74 Å². The molecule has 0 unspecified atom stereocenters. The average molecular weight is 427 g/mol. The van der Waals surface area contributed by atoms with E-state index in [0.29, 0.717) is 16.7 Å². The fourth-order valence-electron chi connectivity index (χ4n) is 3.06. The van der Waals surface area contributed by atoms with E-state index in [4.69, 9.17) is 0 Å². The predicted octanol–water partition coefficient (Wildman–Crippen LogP) is 5.57. The van der Waals surface area contributed by atoms with Crippen LogP contribution in [0.25, 0.3) is 16.9 Å². The number of fused-ring (bicyclic) bond motifs is 1. The molecule has 0 aliphatic rings. The Labute approximate surface area is 173 Å². The second-order valence-electron chi connectivity index (χ2n) is 6.38. The van der Waals surface area contributed by atoms with Gasteiger partial charge in [0, 0.05) is 22.9 Å². The van der Waals surface area contributed by atoms with Crippen LogP contribution in [0.1, 0.15) is 15.9 Å². The van der Waals surface area contributed by atoms with E-state index in [0.717, 1.165) is 0 Å². The Hall–Kier alpha value is -4.01. The summed E-state index contributed by atoms with van der Waals surface area (Å²) in [5.41, 5.74) is 1.58. The maximum absolute atomic E-state index is 13.7. The number of halogens is 4. The van der Waals surface area contributed by atoms with Gasteiger partial charge in [0.25, 0.3) is 0 Å². The summed E-state index contributed by atoms with van der Waals surface area (Å²) in [5, 5.41) is 0. The molecule has 2 aromatic heterocycles. The van der Waals surface area contributed by atoms with Crippen LogP contribution in [0.2, 0.25) is 0 Å². The van der Waals surface area contributed by atoms with Gasteiger partial charge in [-0.05, 0) is 36.4 Å². The first-order valence-corrected chi connectivity index (χ1v) is 8.99. The van der Waals surface area contributed by atoms with Crippen molar-refractivity contribution in [2.24, 2.45) is 4.99 Å². The van der Waals surface area contributed by atoms with Crippen molar-refractivity contribution in [1.29, 1.82) is 0 Å². The highest BCUT2D eigenvalue weighted by atomic mass is 19.3. The number of imidazole rings is 1. The third-order valence-corrected chi connectivity index (χ3v) is 4.40. The molecule has 0 saturated carbocycles. The van der Waals surface area contributed by atoms with E-state index in [1.165, 1.54) is 47.0 Å². The molecule has 5 nitrogen and oxygen atoms in total. The zero-order valence-corrected chi connectivity index (χ0v) is 15.7. The largest absolute Gasteiger partial charge is 0.393 e. The van der Waals surface area contributed by atoms with Crippen LogP contribution in [-0.4, -0.2) is 27.9 Å². The van der Waals surface area contributed by atoms with Gasteiger partial charge in [0.2, 0.25) is 0 Å². The zero-order chi connectivity index (χ0) is 22.0. The Morgan fingerprint density at radius 2 is 1.68 bits per heavy atom. The minimum atomic E-state index is -3.40. The molecule has 0 atom stereocenters. The lowest BCUT2D eigenvalue weighted by molar-refractivity contribution is -0.0688. The molecule has 2 aromatic carbocycles. The van der Waals surface area contributed by atoms with Gasteiger partial charge in [-0.3, -0.25) is 9.20 Å². The summed E-state index contributed by atoms with van der Waals surface area (Å²) >= 11 is 0. The number of ether oxygens (including phenoxy) is 1. The topological polar surface area (TPSA) is 56.0 Å². The lowest BCUT2D eigenvalue weighted by Crippen LogP contribution is -2.04. The first kappa shape index (κ1) is 20.3. The van der Waals surface area contributed by atoms with E-state index in [1.54, 1.807) is 30.3 Å². The summed E-state index contributed by atoms with van der Waals surface area (Å²) in [6, 6.07) is 16.7. The monoisotopic (exact) mass is 427 g/mol. The van der Waals surface area contributed by atoms with Crippen molar-refractivity contribution in [2.45, 2.75) is 6.61 Å². The molecule has 0 spiro atoms. The quantitative estimate of drug-likeness (QED) is 0.181. The molecular weight excluding hydrogens is 414 g/mol. The second kappa shape index (κ2) is 8.39. The van der Waals surface area contributed by atoms with Crippen molar-refractivity contribution < 1.29 is 27.1 Å². The highest BCUT2D eigenvalue weighted by Gasteiger charge is 2.19. The molecule has 2 heterocycles. The van der Waals surface area contributed by atoms with Crippen molar-refractivity contribution in [3.05, 3.63) is 89.9 Å². The van der Waals surface area contributed by atoms with Gasteiger partial charge in [-0.1, -0.05) is 30.3 Å². The van der Waals surface area contributed by atoms with Crippen molar-refractivity contribution in [2.75, 3.05) is 0 Å². The van der Waals surface area contributed by atoms with E-state index in [2.05, 4.69) is 14.7 Å². The van der Waals surface area contributed by atoms with E-state index in [9.17, 15) is 22.4 Å². The molecule has 0 radical (unpaired) electrons. The third kappa shape index (κ3) is 4.30. The molecule has 0 aliphatic heterocycles. The van der Waals surface area contributed by atoms with Crippen LogP contribution in [0.4, 0.5) is 23.4 Å². The minimum absolute atomic E-state index is 0.172. The van der Waals surface area contributed by atoms with E-state index in [1.807, 2.05) is 0 Å². The normalized spacial score (nSPS) is 11.8. The molecule has 9 heteroatoms. The Balaban J connectivity index is 1.88. The van der Waals surface area contributed by atoms with Crippen molar-refractivity contribution in [1.82, 2.24) is 9.38 Å². The summed E-state index contributed by atoms with van der Waals surface area (Å²) in [6.45, 7) is -3.40. The number of hydrogen-bond donors (Lipinski definition) is 0. The van der Waals surface area contributed by atoms with Crippen LogP contribution in [0.15, 0.2) is 77.9 Å². The number of pyridine rings is 1. The molecule has 4 rings (SSSR count). The van der Waals surface area contributed by atoms with E-state index in [-0.39, 0.29) is 22.9 Å². The van der Waals surface area contributed by atoms with Crippen LogP contribution in [0.5, 0.6) is 0 Å². The molecule has 0 saturated heterocycles. The molecule has 0 amide bonds. The summed E-state index contributed by atoms with van der Waals surface area (Å²) in [4.78, 5) is 20.4. The number of rotatable bonds is 5. The standard InChI is InChI=1S/C22H13F4N3O2/c23-16-9-6-13(7-10-16)18-20(28-22(26)31-21(24)25)27-17-11-8-15(12-29(17)18)19(30)14-4-2-1-3-5-14/h1-12,21H. The molecule has 156 valence electrons. The Bertz CT molecular complexity index is 1270. The Morgan fingerprint density at radius 1 is 0.968 bits per heavy atom. The van der Waals surface area contributed by atoms with Crippen LogP contribution < -0.4 is 0 Å². The molecule has 0 fully saturated rings. The van der Waals surface area contributed by atoms with Crippen LogP contribution in [0, 0.1) is 5.82 Å². The second-order valence-corrected chi connectivity index (χ2v) is 6.38. The predicted molar refractivity (Wildman–Crippen MR) is 106 cm³/mol. The molecule has 0 N–H and O–H groups in total. The van der Waals surface area contributed by atoms with Gasteiger partial charge in [0.1, 0.15) is 11.5 Å². The number of benzene rings is 2. The Kier molecular flexibility index (Phi) is 5.48. The average Bonchev–Trinajstić information content (AvgIpc) is 3.10. The van der Waals surface area contributed by atoms with E-state index >= 15 is 0 Å². The fourth-order valence-corrected chi connectivity index (χ4v) is 3.06. The smallest absolute Gasteiger partial charge is 0.390 e. The molecule has 4 aromatic rings. The number of ketones is 1. The Morgan fingerprint density at radius 3 is 2.35 bits per heavy atom. The van der Waals surface area contributed by atoms with Crippen LogP contribution >= 0.6 is 0 Å². The van der Waals surface area contributed by atoms with Gasteiger partial charge in [-0.2, -0.15) is 13.8 Å². The minimum Gasteiger partial charge on any atom is -0.393 e. The maximum Gasteiger partial charge on any atom is 0.390 e. The lowest BCUT2D eigenvalue weighted by Gasteiger charge is -2.06. The van der Waals surface area contributed by atoms with Gasteiger partial charge in [0.15, 0.2) is 11.6 Å². The highest BCUT2D eigenvalue weighted by molar-refractivity contribution is 6.09. The number of nitrogens with zero attached hydrogens (tertiary/aromatic N) is 3. The van der Waals surface area contributed by atoms with Crippen molar-refractivity contribution in [3.63, 3.8) is 0 Å². The number of alkyl halides is 2. The van der Waals surface area contributed by atoms with E-state index < -0.39 is 18.6 Å².